The van der Waals surface area contributed by atoms with E-state index in [0.717, 1.165) is 18.1 Å². The number of nitrogens with zero attached hydrogens (tertiary/aromatic N) is 1. The van der Waals surface area contributed by atoms with Crippen molar-refractivity contribution >= 4 is 27.6 Å². The Morgan fingerprint density at radius 3 is 2.67 bits per heavy atom. The summed E-state index contributed by atoms with van der Waals surface area (Å²) in [6.07, 6.45) is 6.92. The maximum atomic E-state index is 11.0. The Hall–Kier alpha value is -0.430. The second-order valence-electron chi connectivity index (χ2n) is 4.64. The van der Waals surface area contributed by atoms with Crippen molar-refractivity contribution in [2.24, 2.45) is 4.99 Å². The van der Waals surface area contributed by atoms with Gasteiger partial charge >= 0.3 is 0 Å². The number of aliphatic imine (C=N–C) groups is 1. The zero-order valence-electron chi connectivity index (χ0n) is 11.3. The lowest BCUT2D eigenvalue weighted by molar-refractivity contribution is 0.598. The molecule has 0 amide bonds. The van der Waals surface area contributed by atoms with Crippen molar-refractivity contribution in [2.45, 2.75) is 30.6 Å². The lowest BCUT2D eigenvalue weighted by Gasteiger charge is -2.17. The highest BCUT2D eigenvalue weighted by atomic mass is 32.2. The molecule has 7 heteroatoms. The number of nitrogens with one attached hydrogen (secondary N) is 2. The average Bonchev–Trinajstić information content (AvgIpc) is 2.74. The molecule has 1 saturated carbocycles. The van der Waals surface area contributed by atoms with E-state index >= 15 is 0 Å². The normalized spacial score (nSPS) is 25.2. The standard InChI is InChI=1S/C11H23N3O2S2/c1-12-11(13-6-7-18(3,15)16)14-9-4-5-10(8-9)17-2/h9-10H,4-8H2,1-3H3,(H2,12,13,14). The molecule has 106 valence electrons. The van der Waals surface area contributed by atoms with Crippen LogP contribution in [0.25, 0.3) is 0 Å². The van der Waals surface area contributed by atoms with Crippen LogP contribution in [0, 0.1) is 0 Å². The number of thioether (sulfide) groups is 1. The summed E-state index contributed by atoms with van der Waals surface area (Å²) in [4.78, 5) is 4.11. The van der Waals surface area contributed by atoms with Gasteiger partial charge in [0, 0.05) is 31.1 Å². The predicted octanol–water partition coefficient (Wildman–Crippen LogP) is 0.480. The van der Waals surface area contributed by atoms with Crippen LogP contribution in [-0.2, 0) is 9.84 Å². The number of hydrogen-bond acceptors (Lipinski definition) is 4. The highest BCUT2D eigenvalue weighted by molar-refractivity contribution is 7.99. The van der Waals surface area contributed by atoms with E-state index in [0.29, 0.717) is 18.5 Å². The monoisotopic (exact) mass is 293 g/mol. The lowest BCUT2D eigenvalue weighted by Crippen LogP contribution is -2.43. The van der Waals surface area contributed by atoms with Gasteiger partial charge in [-0.3, -0.25) is 4.99 Å². The Balaban J connectivity index is 2.31. The first-order chi connectivity index (χ1) is 8.44. The largest absolute Gasteiger partial charge is 0.355 e. The fourth-order valence-electron chi connectivity index (χ4n) is 2.03. The van der Waals surface area contributed by atoms with Gasteiger partial charge < -0.3 is 10.6 Å². The zero-order chi connectivity index (χ0) is 13.6. The maximum Gasteiger partial charge on any atom is 0.191 e. The third-order valence-corrected chi connectivity index (χ3v) is 5.09. The van der Waals surface area contributed by atoms with Gasteiger partial charge in [-0.1, -0.05) is 0 Å². The smallest absolute Gasteiger partial charge is 0.191 e. The summed E-state index contributed by atoms with van der Waals surface area (Å²) in [5, 5.41) is 7.12. The summed E-state index contributed by atoms with van der Waals surface area (Å²) >= 11 is 1.91. The van der Waals surface area contributed by atoms with E-state index < -0.39 is 9.84 Å². The molecule has 1 aliphatic rings. The van der Waals surface area contributed by atoms with Gasteiger partial charge in [0.1, 0.15) is 9.84 Å². The minimum absolute atomic E-state index is 0.131. The number of hydrogen-bond donors (Lipinski definition) is 2. The summed E-state index contributed by atoms with van der Waals surface area (Å²) in [6.45, 7) is 0.400. The Morgan fingerprint density at radius 1 is 1.44 bits per heavy atom. The first kappa shape index (κ1) is 15.6. The molecule has 0 heterocycles. The molecule has 1 fully saturated rings. The second kappa shape index (κ2) is 7.23. The van der Waals surface area contributed by atoms with Crippen LogP contribution in [0.4, 0.5) is 0 Å². The molecule has 1 aliphatic carbocycles. The van der Waals surface area contributed by atoms with Crippen LogP contribution in [-0.4, -0.2) is 57.5 Å². The third-order valence-electron chi connectivity index (χ3n) is 3.05. The number of rotatable bonds is 5. The highest BCUT2D eigenvalue weighted by Crippen LogP contribution is 2.27. The average molecular weight is 293 g/mol. The fraction of sp³-hybridized carbons (Fsp3) is 0.909. The van der Waals surface area contributed by atoms with Gasteiger partial charge in [-0.05, 0) is 25.5 Å². The van der Waals surface area contributed by atoms with Gasteiger partial charge in [-0.25, -0.2) is 8.42 Å². The Labute approximate surface area is 114 Å². The number of guanidine groups is 1. The first-order valence-corrected chi connectivity index (χ1v) is 9.47. The van der Waals surface area contributed by atoms with E-state index in [2.05, 4.69) is 21.9 Å². The van der Waals surface area contributed by atoms with Crippen LogP contribution in [0.2, 0.25) is 0 Å². The summed E-state index contributed by atoms with van der Waals surface area (Å²) in [5.74, 6) is 0.830. The highest BCUT2D eigenvalue weighted by Gasteiger charge is 2.24. The van der Waals surface area contributed by atoms with Gasteiger partial charge in [0.15, 0.2) is 5.96 Å². The van der Waals surface area contributed by atoms with Crippen molar-refractivity contribution in [2.75, 3.05) is 31.9 Å². The Bertz CT molecular complexity index is 382. The lowest BCUT2D eigenvalue weighted by atomic mass is 10.2. The van der Waals surface area contributed by atoms with Crippen molar-refractivity contribution in [3.8, 4) is 0 Å². The van der Waals surface area contributed by atoms with E-state index in [-0.39, 0.29) is 5.75 Å². The van der Waals surface area contributed by atoms with Crippen LogP contribution >= 0.6 is 11.8 Å². The molecule has 0 aromatic rings. The van der Waals surface area contributed by atoms with Crippen LogP contribution in [0.1, 0.15) is 19.3 Å². The molecular formula is C11H23N3O2S2. The predicted molar refractivity (Wildman–Crippen MR) is 79.2 cm³/mol. The van der Waals surface area contributed by atoms with Gasteiger partial charge in [0.25, 0.3) is 0 Å². The molecule has 5 nitrogen and oxygen atoms in total. The molecule has 0 bridgehead atoms. The minimum Gasteiger partial charge on any atom is -0.355 e. The summed E-state index contributed by atoms with van der Waals surface area (Å²) in [6, 6.07) is 0.451. The molecule has 0 aromatic carbocycles. The maximum absolute atomic E-state index is 11.0. The molecule has 0 aliphatic heterocycles. The van der Waals surface area contributed by atoms with Crippen LogP contribution in [0.15, 0.2) is 4.99 Å². The molecule has 1 rings (SSSR count). The first-order valence-electron chi connectivity index (χ1n) is 6.12. The summed E-state index contributed by atoms with van der Waals surface area (Å²) in [7, 11) is -1.21. The third kappa shape index (κ3) is 5.95. The van der Waals surface area contributed by atoms with Gasteiger partial charge in [0.2, 0.25) is 0 Å². The molecule has 0 spiro atoms. The van der Waals surface area contributed by atoms with Gasteiger partial charge in [-0.15, -0.1) is 0 Å². The molecule has 0 radical (unpaired) electrons. The quantitative estimate of drug-likeness (QED) is 0.570. The molecular weight excluding hydrogens is 270 g/mol. The van der Waals surface area contributed by atoms with E-state index in [1.807, 2.05) is 11.8 Å². The minimum atomic E-state index is -2.92. The Kier molecular flexibility index (Phi) is 6.28. The van der Waals surface area contributed by atoms with E-state index in [4.69, 9.17) is 0 Å². The molecule has 18 heavy (non-hydrogen) atoms. The van der Waals surface area contributed by atoms with Crippen LogP contribution in [0.3, 0.4) is 0 Å². The second-order valence-corrected chi connectivity index (χ2v) is 8.04. The number of sulfone groups is 1. The molecule has 2 unspecified atom stereocenters. The van der Waals surface area contributed by atoms with Gasteiger partial charge in [-0.2, -0.15) is 11.8 Å². The van der Waals surface area contributed by atoms with E-state index in [1.165, 1.54) is 12.7 Å². The van der Waals surface area contributed by atoms with Crippen LogP contribution in [0.5, 0.6) is 0 Å². The SMILES string of the molecule is CN=C(NCCS(C)(=O)=O)NC1CCC(SC)C1. The van der Waals surface area contributed by atoms with Crippen LogP contribution < -0.4 is 10.6 Å². The van der Waals surface area contributed by atoms with Gasteiger partial charge in [0.05, 0.1) is 5.75 Å². The molecule has 0 aromatic heterocycles. The van der Waals surface area contributed by atoms with E-state index in [9.17, 15) is 8.42 Å². The van der Waals surface area contributed by atoms with Crippen molar-refractivity contribution in [1.82, 2.24) is 10.6 Å². The summed E-state index contributed by atoms with van der Waals surface area (Å²) < 4.78 is 22.0. The van der Waals surface area contributed by atoms with Crippen molar-refractivity contribution in [3.05, 3.63) is 0 Å². The summed E-state index contributed by atoms with van der Waals surface area (Å²) in [5.41, 5.74) is 0. The molecule has 0 saturated heterocycles. The van der Waals surface area contributed by atoms with Crippen molar-refractivity contribution < 1.29 is 8.42 Å². The van der Waals surface area contributed by atoms with Crippen molar-refractivity contribution in [3.63, 3.8) is 0 Å². The fourth-order valence-corrected chi connectivity index (χ4v) is 3.30. The Morgan fingerprint density at radius 2 is 2.17 bits per heavy atom. The molecule has 2 atom stereocenters. The topological polar surface area (TPSA) is 70.6 Å². The van der Waals surface area contributed by atoms with E-state index in [1.54, 1.807) is 7.05 Å². The zero-order valence-corrected chi connectivity index (χ0v) is 12.9. The van der Waals surface area contributed by atoms with Crippen molar-refractivity contribution in [1.29, 1.82) is 0 Å². The molecule has 2 N–H and O–H groups in total.